The highest BCUT2D eigenvalue weighted by molar-refractivity contribution is 6.31. The van der Waals surface area contributed by atoms with E-state index in [0.29, 0.717) is 5.56 Å². The summed E-state index contributed by atoms with van der Waals surface area (Å²) in [6, 6.07) is 8.86. The van der Waals surface area contributed by atoms with Crippen LogP contribution in [0.5, 0.6) is 0 Å². The number of halogens is 3. The lowest BCUT2D eigenvalue weighted by atomic mass is 10.2. The second kappa shape index (κ2) is 5.47. The van der Waals surface area contributed by atoms with Crippen LogP contribution in [0.3, 0.4) is 0 Å². The first kappa shape index (κ1) is 12.5. The third kappa shape index (κ3) is 4.28. The highest BCUT2D eigenvalue weighted by Gasteiger charge is 2.37. The van der Waals surface area contributed by atoms with Gasteiger partial charge in [-0.1, -0.05) is 30.0 Å². The zero-order valence-electron chi connectivity index (χ0n) is 8.04. The topological polar surface area (TPSA) is 26.3 Å². The molecule has 2 nitrogen and oxygen atoms in total. The molecule has 0 atom stereocenters. The summed E-state index contributed by atoms with van der Waals surface area (Å²) < 4.78 is 28.4. The summed E-state index contributed by atoms with van der Waals surface area (Å²) in [7, 11) is 0. The molecule has 0 radical (unpaired) electrons. The van der Waals surface area contributed by atoms with Gasteiger partial charge < -0.3 is 4.74 Å². The van der Waals surface area contributed by atoms with Gasteiger partial charge in [-0.15, -0.1) is 0 Å². The number of carbonyl (C=O) groups excluding carboxylic acids is 1. The first-order valence-electron chi connectivity index (χ1n) is 4.28. The fourth-order valence-electron chi connectivity index (χ4n) is 0.843. The van der Waals surface area contributed by atoms with Crippen molar-refractivity contribution in [3.8, 4) is 11.8 Å². The maximum atomic E-state index is 12.1. The molecule has 0 unspecified atom stereocenters. The van der Waals surface area contributed by atoms with Crippen LogP contribution in [0.4, 0.5) is 8.78 Å². The van der Waals surface area contributed by atoms with Crippen molar-refractivity contribution >= 4 is 17.6 Å². The molecule has 0 saturated heterocycles. The number of benzene rings is 1. The third-order valence-electron chi connectivity index (χ3n) is 1.51. The molecule has 1 aromatic carbocycles. The van der Waals surface area contributed by atoms with E-state index in [9.17, 15) is 13.6 Å². The van der Waals surface area contributed by atoms with Crippen molar-refractivity contribution in [2.75, 3.05) is 6.61 Å². The van der Waals surface area contributed by atoms with Crippen LogP contribution in [0.15, 0.2) is 30.3 Å². The Kier molecular flexibility index (Phi) is 4.27. The predicted octanol–water partition coefficient (Wildman–Crippen LogP) is 2.41. The quantitative estimate of drug-likeness (QED) is 0.454. The second-order valence-corrected chi connectivity index (χ2v) is 3.22. The van der Waals surface area contributed by atoms with E-state index in [0.717, 1.165) is 0 Å². The van der Waals surface area contributed by atoms with Gasteiger partial charge in [-0.05, 0) is 23.7 Å². The van der Waals surface area contributed by atoms with Gasteiger partial charge in [0.2, 0.25) is 0 Å². The molecular weight excluding hydrogens is 238 g/mol. The Hall–Kier alpha value is -1.60. The van der Waals surface area contributed by atoms with Crippen LogP contribution in [-0.4, -0.2) is 18.0 Å². The predicted molar refractivity (Wildman–Crippen MR) is 55.1 cm³/mol. The zero-order chi connectivity index (χ0) is 12.0. The summed E-state index contributed by atoms with van der Waals surface area (Å²) in [6.07, 6.45) is 0. The van der Waals surface area contributed by atoms with Crippen molar-refractivity contribution in [3.63, 3.8) is 0 Å². The number of esters is 1. The normalized spacial score (nSPS) is 10.2. The molecule has 1 aromatic rings. The Balaban J connectivity index is 2.43. The van der Waals surface area contributed by atoms with Crippen molar-refractivity contribution in [2.45, 2.75) is 5.38 Å². The van der Waals surface area contributed by atoms with Gasteiger partial charge in [0.05, 0.1) is 0 Å². The summed E-state index contributed by atoms with van der Waals surface area (Å²) >= 11 is 4.42. The summed E-state index contributed by atoms with van der Waals surface area (Å²) in [5.74, 6) is 3.26. The van der Waals surface area contributed by atoms with Crippen molar-refractivity contribution < 1.29 is 18.3 Å². The summed E-state index contributed by atoms with van der Waals surface area (Å²) in [6.45, 7) is -0.421. The van der Waals surface area contributed by atoms with E-state index < -0.39 is 18.0 Å². The number of hydrogen-bond donors (Lipinski definition) is 0. The first-order valence-corrected chi connectivity index (χ1v) is 4.66. The van der Waals surface area contributed by atoms with Crippen LogP contribution >= 0.6 is 11.6 Å². The molecule has 0 amide bonds. The van der Waals surface area contributed by atoms with Crippen LogP contribution < -0.4 is 0 Å². The van der Waals surface area contributed by atoms with Crippen LogP contribution in [0.25, 0.3) is 0 Å². The zero-order valence-corrected chi connectivity index (χ0v) is 8.80. The number of ether oxygens (including phenoxy) is 1. The fraction of sp³-hybridized carbons (Fsp3) is 0.182. The van der Waals surface area contributed by atoms with E-state index >= 15 is 0 Å². The van der Waals surface area contributed by atoms with Gasteiger partial charge in [0.25, 0.3) is 0 Å². The van der Waals surface area contributed by atoms with Gasteiger partial charge in [-0.25, -0.2) is 4.79 Å². The highest BCUT2D eigenvalue weighted by Crippen LogP contribution is 2.19. The molecule has 84 valence electrons. The van der Waals surface area contributed by atoms with Gasteiger partial charge in [0, 0.05) is 5.56 Å². The van der Waals surface area contributed by atoms with Gasteiger partial charge in [0.15, 0.2) is 6.61 Å². The van der Waals surface area contributed by atoms with E-state index in [1.54, 1.807) is 24.3 Å². The van der Waals surface area contributed by atoms with Crippen LogP contribution in [-0.2, 0) is 9.53 Å². The molecule has 0 aromatic heterocycles. The molecule has 16 heavy (non-hydrogen) atoms. The van der Waals surface area contributed by atoms with Crippen LogP contribution in [0.2, 0.25) is 0 Å². The molecule has 0 spiro atoms. The molecular formula is C11H7ClF2O2. The molecule has 0 heterocycles. The maximum absolute atomic E-state index is 12.1. The van der Waals surface area contributed by atoms with Gasteiger partial charge in [-0.2, -0.15) is 8.78 Å². The van der Waals surface area contributed by atoms with Gasteiger partial charge >= 0.3 is 11.4 Å². The lowest BCUT2D eigenvalue weighted by molar-refractivity contribution is -0.159. The SMILES string of the molecule is O=C(OCC#Cc1ccccc1)C(F)(F)Cl. The van der Waals surface area contributed by atoms with Crippen LogP contribution in [0.1, 0.15) is 5.56 Å². The molecule has 0 aliphatic carbocycles. The molecule has 0 saturated carbocycles. The largest absolute Gasteiger partial charge is 0.447 e. The van der Waals surface area contributed by atoms with E-state index in [1.165, 1.54) is 0 Å². The van der Waals surface area contributed by atoms with E-state index in [4.69, 9.17) is 0 Å². The molecule has 0 aliphatic heterocycles. The van der Waals surface area contributed by atoms with Crippen molar-refractivity contribution in [1.29, 1.82) is 0 Å². The fourth-order valence-corrected chi connectivity index (χ4v) is 0.898. The molecule has 0 fully saturated rings. The van der Waals surface area contributed by atoms with Gasteiger partial charge in [-0.3, -0.25) is 0 Å². The summed E-state index contributed by atoms with van der Waals surface area (Å²) in [4.78, 5) is 10.5. The Morgan fingerprint density at radius 2 is 2.00 bits per heavy atom. The molecule has 0 bridgehead atoms. The number of hydrogen-bond acceptors (Lipinski definition) is 2. The highest BCUT2D eigenvalue weighted by atomic mass is 35.5. The lowest BCUT2D eigenvalue weighted by Gasteiger charge is -2.04. The Bertz CT molecular complexity index is 415. The minimum atomic E-state index is -3.99. The van der Waals surface area contributed by atoms with Crippen molar-refractivity contribution in [3.05, 3.63) is 35.9 Å². The molecule has 1 rings (SSSR count). The third-order valence-corrected chi connectivity index (χ3v) is 1.67. The monoisotopic (exact) mass is 244 g/mol. The maximum Gasteiger partial charge on any atom is 0.418 e. The number of rotatable bonds is 2. The lowest BCUT2D eigenvalue weighted by Crippen LogP contribution is -2.24. The second-order valence-electron chi connectivity index (χ2n) is 2.74. The Morgan fingerprint density at radius 3 is 2.56 bits per heavy atom. The standard InChI is InChI=1S/C11H7ClF2O2/c12-11(13,14)10(15)16-8-4-7-9-5-2-1-3-6-9/h1-3,5-6H,8H2. The van der Waals surface area contributed by atoms with E-state index in [2.05, 4.69) is 28.2 Å². The van der Waals surface area contributed by atoms with Crippen LogP contribution in [0, 0.1) is 11.8 Å². The van der Waals surface area contributed by atoms with E-state index in [-0.39, 0.29) is 0 Å². The number of alkyl halides is 3. The van der Waals surface area contributed by atoms with Crippen molar-refractivity contribution in [1.82, 2.24) is 0 Å². The number of carbonyl (C=O) groups is 1. The van der Waals surface area contributed by atoms with Crippen molar-refractivity contribution in [2.24, 2.45) is 0 Å². The average Bonchev–Trinajstić information content (AvgIpc) is 2.24. The first-order chi connectivity index (χ1) is 7.50. The van der Waals surface area contributed by atoms with Gasteiger partial charge in [0.1, 0.15) is 0 Å². The molecule has 0 aliphatic rings. The average molecular weight is 245 g/mol. The minimum absolute atomic E-state index is 0.421. The van der Waals surface area contributed by atoms with E-state index in [1.807, 2.05) is 6.07 Å². The minimum Gasteiger partial charge on any atom is -0.447 e. The molecule has 0 N–H and O–H groups in total. The Labute approximate surface area is 96.2 Å². The Morgan fingerprint density at radius 1 is 1.38 bits per heavy atom. The smallest absolute Gasteiger partial charge is 0.418 e. The molecule has 5 heteroatoms. The summed E-state index contributed by atoms with van der Waals surface area (Å²) in [5.41, 5.74) is 0.705. The summed E-state index contributed by atoms with van der Waals surface area (Å²) in [5, 5.41) is -3.99.